The van der Waals surface area contributed by atoms with E-state index in [9.17, 15) is 27.6 Å². The number of halogens is 3. The van der Waals surface area contributed by atoms with Crippen LogP contribution in [0.15, 0.2) is 54.7 Å². The molecular formula is C30H33F3N4O6. The number of carboxylic acid groups (broad SMARTS) is 1. The van der Waals surface area contributed by atoms with Gasteiger partial charge in [0.15, 0.2) is 0 Å². The van der Waals surface area contributed by atoms with E-state index in [0.717, 1.165) is 36.1 Å². The van der Waals surface area contributed by atoms with E-state index in [0.29, 0.717) is 30.1 Å². The number of ketones is 1. The Hall–Kier alpha value is -4.68. The maximum absolute atomic E-state index is 13.1. The number of fused-ring (bicyclic) bond motifs is 1. The second kappa shape index (κ2) is 15.0. The third-order valence-corrected chi connectivity index (χ3v) is 6.71. The molecule has 230 valence electrons. The molecule has 2 heterocycles. The van der Waals surface area contributed by atoms with Gasteiger partial charge in [-0.15, -0.1) is 0 Å². The smallest absolute Gasteiger partial charge is 0.490 e. The number of amides is 2. The van der Waals surface area contributed by atoms with Crippen LogP contribution in [0.4, 0.5) is 18.9 Å². The number of imidazole rings is 1. The molecule has 1 aliphatic rings. The van der Waals surface area contributed by atoms with Gasteiger partial charge in [0.2, 0.25) is 11.8 Å². The SMILES string of the molecule is COc1ccc2c(c1)C(CC(=O)N[C@@H](CCCCCC(C)=O)c1ncc(-c3ccccc3)[nH]1)C(=O)N2.O=C(O)C(F)(F)F. The van der Waals surface area contributed by atoms with E-state index in [4.69, 9.17) is 14.6 Å². The summed E-state index contributed by atoms with van der Waals surface area (Å²) in [6.45, 7) is 1.60. The van der Waals surface area contributed by atoms with Crippen LogP contribution >= 0.6 is 0 Å². The molecule has 43 heavy (non-hydrogen) atoms. The lowest BCUT2D eigenvalue weighted by molar-refractivity contribution is -0.192. The van der Waals surface area contributed by atoms with Gasteiger partial charge in [-0.1, -0.05) is 43.2 Å². The number of H-pyrrole nitrogens is 1. The zero-order chi connectivity index (χ0) is 31.6. The lowest BCUT2D eigenvalue weighted by Crippen LogP contribution is -2.31. The minimum absolute atomic E-state index is 0.0269. The maximum Gasteiger partial charge on any atom is 0.490 e. The van der Waals surface area contributed by atoms with Crippen molar-refractivity contribution in [2.24, 2.45) is 0 Å². The second-order valence-corrected chi connectivity index (χ2v) is 9.97. The van der Waals surface area contributed by atoms with E-state index in [1.165, 1.54) is 0 Å². The third kappa shape index (κ3) is 9.69. The van der Waals surface area contributed by atoms with E-state index < -0.39 is 18.1 Å². The van der Waals surface area contributed by atoms with Gasteiger partial charge in [0.25, 0.3) is 0 Å². The maximum atomic E-state index is 13.1. The molecule has 0 aliphatic carbocycles. The molecule has 0 fully saturated rings. The lowest BCUT2D eigenvalue weighted by Gasteiger charge is -2.18. The topological polar surface area (TPSA) is 150 Å². The molecule has 1 aliphatic heterocycles. The number of ether oxygens (including phenoxy) is 1. The summed E-state index contributed by atoms with van der Waals surface area (Å²) in [5.41, 5.74) is 3.35. The van der Waals surface area contributed by atoms with Gasteiger partial charge in [0.1, 0.15) is 17.4 Å². The molecule has 4 N–H and O–H groups in total. The van der Waals surface area contributed by atoms with Gasteiger partial charge in [-0.3, -0.25) is 9.59 Å². The van der Waals surface area contributed by atoms with E-state index in [2.05, 4.69) is 20.6 Å². The van der Waals surface area contributed by atoms with E-state index in [1.54, 1.807) is 38.4 Å². The van der Waals surface area contributed by atoms with Crippen LogP contribution in [0.5, 0.6) is 5.75 Å². The lowest BCUT2D eigenvalue weighted by atomic mass is 9.96. The number of aliphatic carboxylic acids is 1. The van der Waals surface area contributed by atoms with Crippen molar-refractivity contribution in [3.05, 3.63) is 66.1 Å². The van der Waals surface area contributed by atoms with Crippen LogP contribution in [0.1, 0.15) is 68.8 Å². The van der Waals surface area contributed by atoms with E-state index >= 15 is 0 Å². The molecule has 3 aromatic rings. The summed E-state index contributed by atoms with van der Waals surface area (Å²) in [6, 6.07) is 14.9. The number of hydrogen-bond donors (Lipinski definition) is 4. The van der Waals surface area contributed by atoms with Gasteiger partial charge in [-0.05, 0) is 49.1 Å². The average molecular weight is 603 g/mol. The molecule has 0 bridgehead atoms. The van der Waals surface area contributed by atoms with E-state index in [1.807, 2.05) is 30.3 Å². The highest BCUT2D eigenvalue weighted by Crippen LogP contribution is 2.37. The van der Waals surface area contributed by atoms with Crippen LogP contribution in [0.2, 0.25) is 0 Å². The molecular weight excluding hydrogens is 569 g/mol. The molecule has 1 unspecified atom stereocenters. The zero-order valence-corrected chi connectivity index (χ0v) is 23.7. The first-order chi connectivity index (χ1) is 20.4. The van der Waals surface area contributed by atoms with Crippen LogP contribution in [0.25, 0.3) is 11.3 Å². The predicted molar refractivity (Wildman–Crippen MR) is 151 cm³/mol. The number of carbonyl (C=O) groups excluding carboxylic acids is 3. The normalized spacial score (nSPS) is 14.5. The molecule has 2 aromatic carbocycles. The Morgan fingerprint density at radius 3 is 2.42 bits per heavy atom. The number of aromatic amines is 1. The molecule has 4 rings (SSSR count). The Morgan fingerprint density at radius 2 is 1.79 bits per heavy atom. The molecule has 0 saturated carbocycles. The van der Waals surface area contributed by atoms with Crippen molar-refractivity contribution in [1.82, 2.24) is 15.3 Å². The van der Waals surface area contributed by atoms with Crippen molar-refractivity contribution >= 4 is 29.3 Å². The number of anilines is 1. The minimum atomic E-state index is -5.08. The van der Waals surface area contributed by atoms with Crippen LogP contribution in [0.3, 0.4) is 0 Å². The Labute approximate surface area is 246 Å². The Kier molecular flexibility index (Phi) is 11.4. The minimum Gasteiger partial charge on any atom is -0.497 e. The van der Waals surface area contributed by atoms with Crippen molar-refractivity contribution in [2.45, 2.75) is 63.6 Å². The van der Waals surface area contributed by atoms with Gasteiger partial charge < -0.3 is 30.3 Å². The van der Waals surface area contributed by atoms with Crippen LogP contribution in [0, 0.1) is 0 Å². The summed E-state index contributed by atoms with van der Waals surface area (Å²) in [7, 11) is 1.57. The van der Waals surface area contributed by atoms with Crippen molar-refractivity contribution in [1.29, 1.82) is 0 Å². The van der Waals surface area contributed by atoms with Gasteiger partial charge in [0, 0.05) is 18.5 Å². The highest BCUT2D eigenvalue weighted by atomic mass is 19.4. The number of aromatic nitrogens is 2. The summed E-state index contributed by atoms with van der Waals surface area (Å²) in [5, 5.41) is 13.1. The number of Topliss-reactive ketones (excluding diaryl/α,β-unsaturated/α-hetero) is 1. The predicted octanol–water partition coefficient (Wildman–Crippen LogP) is 5.54. The quantitative estimate of drug-likeness (QED) is 0.199. The number of nitrogens with zero attached hydrogens (tertiary/aromatic N) is 1. The number of rotatable bonds is 12. The van der Waals surface area contributed by atoms with Crippen molar-refractivity contribution in [3.63, 3.8) is 0 Å². The fourth-order valence-electron chi connectivity index (χ4n) is 4.53. The molecule has 0 spiro atoms. The first-order valence-corrected chi connectivity index (χ1v) is 13.6. The van der Waals surface area contributed by atoms with Crippen molar-refractivity contribution < 1.29 is 42.2 Å². The fraction of sp³-hybridized carbons (Fsp3) is 0.367. The van der Waals surface area contributed by atoms with Crippen LogP contribution in [-0.2, 0) is 19.2 Å². The van der Waals surface area contributed by atoms with E-state index in [-0.39, 0.29) is 30.1 Å². The molecule has 1 aromatic heterocycles. The first-order valence-electron chi connectivity index (χ1n) is 13.6. The summed E-state index contributed by atoms with van der Waals surface area (Å²) < 4.78 is 37.0. The van der Waals surface area contributed by atoms with Crippen LogP contribution in [-0.4, -0.2) is 51.9 Å². The van der Waals surface area contributed by atoms with Gasteiger partial charge in [0.05, 0.1) is 31.0 Å². The Balaban J connectivity index is 0.000000646. The summed E-state index contributed by atoms with van der Waals surface area (Å²) in [4.78, 5) is 53.8. The summed E-state index contributed by atoms with van der Waals surface area (Å²) in [6.07, 6.45) is 0.498. The Bertz CT molecular complexity index is 1420. The number of nitrogens with one attached hydrogen (secondary N) is 3. The standard InChI is InChI=1S/C28H32N4O4.C2HF3O2/c1-18(33)9-5-3-8-12-24(27-29-17-25(31-27)19-10-6-4-7-11-19)30-26(34)16-22-21-15-20(36-2)13-14-23(21)32-28(22)35;3-2(4,5)1(6)7/h4,6-7,10-11,13-15,17,22,24H,3,5,8-9,12,16H2,1-2H3,(H,29,31)(H,30,34)(H,32,35);(H,6,7)/t22?,24-;/m0./s1. The number of methoxy groups -OCH3 is 1. The van der Waals surface area contributed by atoms with Gasteiger partial charge in [-0.25, -0.2) is 9.78 Å². The molecule has 2 amide bonds. The first kappa shape index (κ1) is 32.8. The largest absolute Gasteiger partial charge is 0.497 e. The van der Waals surface area contributed by atoms with Crippen LogP contribution < -0.4 is 15.4 Å². The number of unbranched alkanes of at least 4 members (excludes halogenated alkanes) is 2. The second-order valence-electron chi connectivity index (χ2n) is 9.97. The number of carbonyl (C=O) groups is 4. The van der Waals surface area contributed by atoms with Crippen molar-refractivity contribution in [3.8, 4) is 17.0 Å². The molecule has 0 radical (unpaired) electrons. The van der Waals surface area contributed by atoms with Crippen molar-refractivity contribution in [2.75, 3.05) is 12.4 Å². The average Bonchev–Trinajstić information content (AvgIpc) is 3.57. The molecule has 13 heteroatoms. The number of carboxylic acids is 1. The third-order valence-electron chi connectivity index (χ3n) is 6.71. The Morgan fingerprint density at radius 1 is 1.09 bits per heavy atom. The highest BCUT2D eigenvalue weighted by molar-refractivity contribution is 6.05. The molecule has 0 saturated heterocycles. The number of hydrogen-bond acceptors (Lipinski definition) is 6. The number of benzene rings is 2. The molecule has 2 atom stereocenters. The summed E-state index contributed by atoms with van der Waals surface area (Å²) in [5.74, 6) is -2.26. The summed E-state index contributed by atoms with van der Waals surface area (Å²) >= 11 is 0. The van der Waals surface area contributed by atoms with Gasteiger partial charge >= 0.3 is 12.1 Å². The van der Waals surface area contributed by atoms with Gasteiger partial charge in [-0.2, -0.15) is 13.2 Å². The molecule has 10 nitrogen and oxygen atoms in total. The highest BCUT2D eigenvalue weighted by Gasteiger charge is 2.38. The fourth-order valence-corrected chi connectivity index (χ4v) is 4.53. The monoisotopic (exact) mass is 602 g/mol. The zero-order valence-electron chi connectivity index (χ0n) is 23.7. The number of alkyl halides is 3.